The summed E-state index contributed by atoms with van der Waals surface area (Å²) < 4.78 is 12.6. The minimum Gasteiger partial charge on any atom is -0.474 e. The third-order valence-electron chi connectivity index (χ3n) is 16.2. The summed E-state index contributed by atoms with van der Waals surface area (Å²) in [5, 5.41) is 60.5. The summed E-state index contributed by atoms with van der Waals surface area (Å²) >= 11 is 46.3. The minimum atomic E-state index is -1.22. The molecule has 480 valence electrons. The smallest absolute Gasteiger partial charge is 0.172 e. The fraction of sp³-hybridized carbons (Fsp3) is 0.270. The summed E-state index contributed by atoms with van der Waals surface area (Å²) in [7, 11) is 0. The average Bonchev–Trinajstić information content (AvgIpc) is 1.60. The molecule has 0 saturated carbocycles. The number of ether oxygens (including phenoxy) is 2. The molecule has 94 heavy (non-hydrogen) atoms. The Labute approximate surface area is 603 Å². The second kappa shape index (κ2) is 35.1. The van der Waals surface area contributed by atoms with E-state index in [-0.39, 0.29) is 33.8 Å². The molecule has 2 aliphatic heterocycles. The van der Waals surface area contributed by atoms with Gasteiger partial charge in [0, 0.05) is 90.8 Å². The first-order chi connectivity index (χ1) is 45.3. The Bertz CT molecular complexity index is 4280. The van der Waals surface area contributed by atoms with Crippen LogP contribution in [0.15, 0.2) is 142 Å². The summed E-state index contributed by atoms with van der Waals surface area (Å²) in [6, 6.07) is 39.1. The molecule has 4 heterocycles. The molecule has 0 N–H and O–H groups in total. The molecule has 0 spiro atoms. The number of rotatable bonds is 24. The van der Waals surface area contributed by atoms with E-state index in [1.807, 2.05) is 48.6 Å². The van der Waals surface area contributed by atoms with Crippen molar-refractivity contribution in [2.45, 2.75) is 78.4 Å². The molecule has 0 amide bonds. The predicted octanol–water partition coefficient (Wildman–Crippen LogP) is 20.5. The molecule has 0 radical (unpaired) electrons. The van der Waals surface area contributed by atoms with Gasteiger partial charge in [0.2, 0.25) is 0 Å². The molecule has 20 heteroatoms. The van der Waals surface area contributed by atoms with Crippen LogP contribution in [0.4, 0.5) is 11.4 Å². The van der Waals surface area contributed by atoms with Gasteiger partial charge in [-0.25, -0.2) is 0 Å². The molecule has 6 aromatic rings. The molecule has 2 atom stereocenters. The monoisotopic (exact) mass is 1430 g/mol. The fourth-order valence-electron chi connectivity index (χ4n) is 11.0. The summed E-state index contributed by atoms with van der Waals surface area (Å²) in [6.07, 6.45) is 19.8. The number of anilines is 2. The van der Waals surface area contributed by atoms with Gasteiger partial charge in [0.15, 0.2) is 33.9 Å². The van der Waals surface area contributed by atoms with E-state index in [4.69, 9.17) is 55.9 Å². The summed E-state index contributed by atoms with van der Waals surface area (Å²) in [5.41, 5.74) is 8.92. The fourth-order valence-corrected chi connectivity index (χ4v) is 14.7. The van der Waals surface area contributed by atoms with Gasteiger partial charge in [-0.2, -0.15) is 82.1 Å². The first-order valence-electron chi connectivity index (χ1n) is 30.1. The van der Waals surface area contributed by atoms with E-state index < -0.39 is 11.2 Å². The Balaban J connectivity index is 0.000000267. The van der Waals surface area contributed by atoms with Crippen molar-refractivity contribution < 1.29 is 9.47 Å². The summed E-state index contributed by atoms with van der Waals surface area (Å²) in [6.45, 7) is 15.7. The largest absolute Gasteiger partial charge is 0.474 e. The zero-order valence-corrected chi connectivity index (χ0v) is 60.9. The molecule has 2 aliphatic rings. The minimum absolute atomic E-state index is 0.0488. The van der Waals surface area contributed by atoms with Gasteiger partial charge in [-0.05, 0) is 185 Å². The lowest BCUT2D eigenvalue weighted by molar-refractivity contribution is 0.0753. The van der Waals surface area contributed by atoms with Crippen LogP contribution in [0.3, 0.4) is 0 Å². The number of halogens is 4. The SMILES string of the molecule is CCN(CC)c1ccc(/C=C/c2sc(/C=C/C3=C(C#N)C(=C(C#N)C#N)OC3(C)c3ccc(Cl)c(Cl)c3)c(CCCS)c2CCCS)cc1.Cc1c(/C=C/C2=C(C#N)C(=C(C#N)C#N)OC2(C)c2ccc(Cl)c(Cl)c2)sc(/C=C/c2ccc(N(CCS)CCS)cc2)c1C. The Morgan fingerprint density at radius 1 is 0.479 bits per heavy atom. The molecular weight excluding hydrogens is 1370 g/mol. The molecule has 4 aromatic carbocycles. The Morgan fingerprint density at radius 3 is 1.19 bits per heavy atom. The van der Waals surface area contributed by atoms with Gasteiger partial charge < -0.3 is 19.3 Å². The number of hydrogen-bond donors (Lipinski definition) is 4. The summed E-state index contributed by atoms with van der Waals surface area (Å²) in [5.74, 6) is 2.98. The number of hydrogen-bond acceptors (Lipinski definition) is 16. The highest BCUT2D eigenvalue weighted by atomic mass is 35.5. The van der Waals surface area contributed by atoms with Crippen molar-refractivity contribution >= 4 is 167 Å². The molecule has 0 aliphatic carbocycles. The molecule has 2 unspecified atom stereocenters. The first kappa shape index (κ1) is 74.3. The van der Waals surface area contributed by atoms with Crippen molar-refractivity contribution in [2.24, 2.45) is 0 Å². The van der Waals surface area contributed by atoms with Crippen molar-refractivity contribution in [1.29, 1.82) is 31.6 Å². The Kier molecular flexibility index (Phi) is 27.7. The second-order valence-corrected chi connectivity index (χ2v) is 27.4. The van der Waals surface area contributed by atoms with Crippen LogP contribution in [-0.2, 0) is 33.5 Å². The van der Waals surface area contributed by atoms with Crippen LogP contribution in [0.25, 0.3) is 36.5 Å². The zero-order chi connectivity index (χ0) is 68.3. The molecule has 8 rings (SSSR count). The lowest BCUT2D eigenvalue weighted by atomic mass is 9.86. The number of thiophene rings is 2. The molecule has 10 nitrogen and oxygen atoms in total. The van der Waals surface area contributed by atoms with Crippen LogP contribution >= 0.6 is 120 Å². The zero-order valence-electron chi connectivity index (χ0n) is 52.7. The van der Waals surface area contributed by atoms with E-state index in [9.17, 15) is 31.6 Å². The average molecular weight is 1440 g/mol. The van der Waals surface area contributed by atoms with E-state index in [2.05, 4.69) is 173 Å². The maximum absolute atomic E-state index is 10.3. The van der Waals surface area contributed by atoms with Crippen molar-refractivity contribution in [3.05, 3.63) is 226 Å². The molecule has 0 saturated heterocycles. The van der Waals surface area contributed by atoms with Crippen LogP contribution in [0.5, 0.6) is 0 Å². The van der Waals surface area contributed by atoms with E-state index in [0.717, 1.165) is 117 Å². The van der Waals surface area contributed by atoms with Crippen molar-refractivity contribution in [2.75, 3.05) is 59.0 Å². The second-order valence-electron chi connectivity index (χ2n) is 21.8. The first-order valence-corrected chi connectivity index (χ1v) is 35.8. The van der Waals surface area contributed by atoms with Crippen LogP contribution < -0.4 is 9.80 Å². The highest BCUT2D eigenvalue weighted by Crippen LogP contribution is 2.50. The topological polar surface area (TPSA) is 168 Å². The van der Waals surface area contributed by atoms with E-state index in [1.54, 1.807) is 72.9 Å². The van der Waals surface area contributed by atoms with Gasteiger partial charge in [0.25, 0.3) is 0 Å². The highest BCUT2D eigenvalue weighted by Gasteiger charge is 2.45. The van der Waals surface area contributed by atoms with Crippen molar-refractivity contribution in [1.82, 2.24) is 0 Å². The molecule has 2 aromatic heterocycles. The third-order valence-corrected chi connectivity index (χ3v) is 21.3. The standard InChI is InChI=1S/C39H38Cl2N4OS3.C35H30Cl2N4OS3/c1-4-45(5-2)29-14-10-26(11-15-29)12-18-36-30(8-6-20-47)31(9-7-21-48)37(49-36)19-16-33-32(25-44)38(27(23-42)24-43)46-39(33,3)28-13-17-34(40)35(41)22-28;1-22-23(2)33(45-32(22)12-6-24-4-8-27(9-5-24)41(14-16-43)15-17-44)13-10-29-28(21-40)34(25(19-38)20-39)42-35(29,3)26-7-11-30(36)31(37)18-26/h10-19,22,47-48H,4-9,20-21H2,1-3H3;4-13,18,43-44H,14-17H2,1-3H3/b18-12+,19-16+;12-6+,13-10+. The van der Waals surface area contributed by atoms with Gasteiger partial charge in [-0.3, -0.25) is 0 Å². The normalized spacial score (nSPS) is 16.0. The van der Waals surface area contributed by atoms with E-state index >= 15 is 0 Å². The van der Waals surface area contributed by atoms with Gasteiger partial charge in [-0.15, -0.1) is 22.7 Å². The van der Waals surface area contributed by atoms with E-state index in [1.165, 1.54) is 21.7 Å². The quantitative estimate of drug-likeness (QED) is 0.0338. The lowest BCUT2D eigenvalue weighted by Gasteiger charge is -2.27. The highest BCUT2D eigenvalue weighted by molar-refractivity contribution is 7.80. The van der Waals surface area contributed by atoms with Crippen LogP contribution in [-0.4, -0.2) is 49.2 Å². The molecular formula is C74H68Cl4N8O2S6. The maximum Gasteiger partial charge on any atom is 0.172 e. The van der Waals surface area contributed by atoms with Crippen molar-refractivity contribution in [3.8, 4) is 36.4 Å². The van der Waals surface area contributed by atoms with Crippen LogP contribution in [0.1, 0.15) is 105 Å². The Hall–Kier alpha value is -7.10. The molecule has 0 fully saturated rings. The number of nitriles is 6. The molecule has 0 bridgehead atoms. The van der Waals surface area contributed by atoms with Gasteiger partial charge in [-0.1, -0.05) is 107 Å². The van der Waals surface area contributed by atoms with E-state index in [0.29, 0.717) is 42.4 Å². The number of nitrogens with zero attached hydrogens (tertiary/aromatic N) is 8. The predicted molar refractivity (Wildman–Crippen MR) is 406 cm³/mol. The third kappa shape index (κ3) is 17.1. The van der Waals surface area contributed by atoms with Gasteiger partial charge in [0.1, 0.15) is 47.6 Å². The number of allylic oxidation sites excluding steroid dienone is 4. The van der Waals surface area contributed by atoms with Gasteiger partial charge in [0.05, 0.1) is 20.1 Å². The number of benzene rings is 4. The van der Waals surface area contributed by atoms with Crippen LogP contribution in [0, 0.1) is 81.8 Å². The maximum atomic E-state index is 10.3. The van der Waals surface area contributed by atoms with Gasteiger partial charge >= 0.3 is 0 Å². The lowest BCUT2D eigenvalue weighted by Crippen LogP contribution is -2.27. The Morgan fingerprint density at radius 2 is 0.840 bits per heavy atom. The van der Waals surface area contributed by atoms with Crippen LogP contribution in [0.2, 0.25) is 20.1 Å². The summed E-state index contributed by atoms with van der Waals surface area (Å²) in [4.78, 5) is 8.95. The number of thiol groups is 4. The van der Waals surface area contributed by atoms with Crippen molar-refractivity contribution in [3.63, 3.8) is 0 Å².